The molecule has 0 aliphatic heterocycles. The summed E-state index contributed by atoms with van der Waals surface area (Å²) in [6, 6.07) is 9.25. The highest BCUT2D eigenvalue weighted by Gasteiger charge is 2.39. The molecule has 0 N–H and O–H groups in total. The van der Waals surface area contributed by atoms with E-state index < -0.39 is 14.5 Å². The molecule has 158 valence electrons. The van der Waals surface area contributed by atoms with Crippen LogP contribution in [0.3, 0.4) is 0 Å². The number of benzene rings is 2. The van der Waals surface area contributed by atoms with Crippen LogP contribution < -0.4 is 20.1 Å². The number of ether oxygens (including phenoxy) is 2. The normalized spacial score (nSPS) is 19.2. The van der Waals surface area contributed by atoms with Gasteiger partial charge in [0.25, 0.3) is 0 Å². The Labute approximate surface area is 187 Å². The lowest BCUT2D eigenvalue weighted by atomic mass is 10.1. The fraction of sp³-hybridized carbons (Fsp3) is 0.478. The van der Waals surface area contributed by atoms with Gasteiger partial charge in [0.05, 0.1) is 20.8 Å². The Bertz CT molecular complexity index is 780. The Kier molecular flexibility index (Phi) is 7.77. The summed E-state index contributed by atoms with van der Waals surface area (Å²) in [6.07, 6.45) is 3.52. The molecule has 3 rings (SSSR count). The highest BCUT2D eigenvalue weighted by molar-refractivity contribution is 8.04. The summed E-state index contributed by atoms with van der Waals surface area (Å²) in [5.74, 6) is 1.96. The first-order chi connectivity index (χ1) is 13.8. The van der Waals surface area contributed by atoms with Gasteiger partial charge in [0.15, 0.2) is 0 Å². The molecule has 0 spiro atoms. The van der Waals surface area contributed by atoms with Crippen molar-refractivity contribution in [2.45, 2.75) is 58.3 Å². The van der Waals surface area contributed by atoms with Crippen molar-refractivity contribution in [1.82, 2.24) is 0 Å². The Morgan fingerprint density at radius 3 is 1.45 bits per heavy atom. The summed E-state index contributed by atoms with van der Waals surface area (Å²) in [5, 5.41) is 2.78. The Morgan fingerprint density at radius 2 is 1.10 bits per heavy atom. The summed E-state index contributed by atoms with van der Waals surface area (Å²) >= 11 is 13.0. The molecule has 0 radical (unpaired) electrons. The minimum Gasteiger partial charge on any atom is -0.496 e. The van der Waals surface area contributed by atoms with E-state index in [-0.39, 0.29) is 0 Å². The molecule has 1 fully saturated rings. The summed E-state index contributed by atoms with van der Waals surface area (Å²) in [7, 11) is 2.90. The number of rotatable bonds is 6. The average molecular weight is 471 g/mol. The van der Waals surface area contributed by atoms with Crippen LogP contribution in [0.15, 0.2) is 24.3 Å². The zero-order valence-electron chi connectivity index (χ0n) is 18.1. The third kappa shape index (κ3) is 4.72. The molecule has 0 bridgehead atoms. The van der Waals surface area contributed by atoms with Gasteiger partial charge in [-0.15, -0.1) is 0 Å². The van der Waals surface area contributed by atoms with Crippen molar-refractivity contribution in [3.8, 4) is 11.5 Å². The van der Waals surface area contributed by atoms with E-state index in [2.05, 4.69) is 52.0 Å². The quantitative estimate of drug-likeness (QED) is 0.419. The predicted octanol–water partition coefficient (Wildman–Crippen LogP) is 7.08. The lowest BCUT2D eigenvalue weighted by molar-refractivity contribution is 0.408. The van der Waals surface area contributed by atoms with E-state index in [0.29, 0.717) is 11.3 Å². The van der Waals surface area contributed by atoms with Gasteiger partial charge in [0.1, 0.15) is 11.5 Å². The molecule has 29 heavy (non-hydrogen) atoms. The molecule has 2 aromatic carbocycles. The SMILES string of the molecule is COc1c(C)cc(P(c2cc(C)c(OC)c(C)c2)C2CCCC2P(Cl)Cl)cc1C. The van der Waals surface area contributed by atoms with E-state index in [1.54, 1.807) is 14.2 Å². The molecule has 0 aromatic heterocycles. The molecule has 2 nitrogen and oxygen atoms in total. The molecule has 1 aliphatic carbocycles. The summed E-state index contributed by atoms with van der Waals surface area (Å²) in [6.45, 7) is 7.55. The molecule has 0 saturated heterocycles. The van der Waals surface area contributed by atoms with Crippen LogP contribution in [0.4, 0.5) is 0 Å². The number of hydrogen-bond acceptors (Lipinski definition) is 2. The monoisotopic (exact) mass is 470 g/mol. The number of methoxy groups -OCH3 is 2. The zero-order valence-corrected chi connectivity index (χ0v) is 21.4. The summed E-state index contributed by atoms with van der Waals surface area (Å²) in [5.41, 5.74) is 5.64. The highest BCUT2D eigenvalue weighted by Crippen LogP contribution is 2.63. The van der Waals surface area contributed by atoms with Crippen molar-refractivity contribution >= 4 is 47.6 Å². The van der Waals surface area contributed by atoms with Gasteiger partial charge in [-0.1, -0.05) is 28.9 Å². The first-order valence-electron chi connectivity index (χ1n) is 9.99. The fourth-order valence-corrected chi connectivity index (χ4v) is 11.5. The van der Waals surface area contributed by atoms with Crippen LogP contribution >= 0.6 is 37.0 Å². The Hall–Kier alpha value is -0.520. The molecule has 6 heteroatoms. The molecule has 0 heterocycles. The van der Waals surface area contributed by atoms with Crippen molar-refractivity contribution < 1.29 is 9.47 Å². The van der Waals surface area contributed by atoms with Gasteiger partial charge in [-0.2, -0.15) is 0 Å². The number of hydrogen-bond donors (Lipinski definition) is 0. The molecule has 2 aromatic rings. The van der Waals surface area contributed by atoms with Crippen LogP contribution in [-0.4, -0.2) is 25.5 Å². The number of aryl methyl sites for hydroxylation is 4. The van der Waals surface area contributed by atoms with Crippen LogP contribution in [0.2, 0.25) is 0 Å². The average Bonchev–Trinajstić information content (AvgIpc) is 3.11. The third-order valence-electron chi connectivity index (χ3n) is 5.88. The maximum Gasteiger partial charge on any atom is 0.124 e. The van der Waals surface area contributed by atoms with Crippen molar-refractivity contribution in [3.05, 3.63) is 46.5 Å². The molecular weight excluding hydrogens is 441 g/mol. The maximum absolute atomic E-state index is 6.52. The van der Waals surface area contributed by atoms with Gasteiger partial charge in [0, 0.05) is 5.66 Å². The largest absolute Gasteiger partial charge is 0.496 e. The molecule has 0 amide bonds. The van der Waals surface area contributed by atoms with Gasteiger partial charge < -0.3 is 9.47 Å². The van der Waals surface area contributed by atoms with Gasteiger partial charge in [0.2, 0.25) is 0 Å². The van der Waals surface area contributed by atoms with Crippen LogP contribution in [0.25, 0.3) is 0 Å². The van der Waals surface area contributed by atoms with E-state index >= 15 is 0 Å². The zero-order chi connectivity index (χ0) is 21.3. The van der Waals surface area contributed by atoms with E-state index in [0.717, 1.165) is 17.9 Å². The first kappa shape index (κ1) is 23.1. The molecule has 2 unspecified atom stereocenters. The third-order valence-corrected chi connectivity index (χ3v) is 11.7. The second-order valence-electron chi connectivity index (χ2n) is 7.92. The minimum atomic E-state index is -0.992. The van der Waals surface area contributed by atoms with Crippen molar-refractivity contribution in [2.24, 2.45) is 0 Å². The topological polar surface area (TPSA) is 18.5 Å². The van der Waals surface area contributed by atoms with Crippen LogP contribution in [0.1, 0.15) is 41.5 Å². The van der Waals surface area contributed by atoms with Gasteiger partial charge in [-0.25, -0.2) is 0 Å². The van der Waals surface area contributed by atoms with E-state index in [9.17, 15) is 0 Å². The lowest BCUT2D eigenvalue weighted by Gasteiger charge is -2.32. The van der Waals surface area contributed by atoms with E-state index in [4.69, 9.17) is 32.0 Å². The van der Waals surface area contributed by atoms with Crippen LogP contribution in [0, 0.1) is 27.7 Å². The Morgan fingerprint density at radius 1 is 0.724 bits per heavy atom. The van der Waals surface area contributed by atoms with Crippen LogP contribution in [-0.2, 0) is 0 Å². The molecule has 2 atom stereocenters. The van der Waals surface area contributed by atoms with Gasteiger partial charge >= 0.3 is 0 Å². The van der Waals surface area contributed by atoms with Gasteiger partial charge in [-0.05, 0) is 111 Å². The fourth-order valence-electron chi connectivity index (χ4n) is 4.76. The van der Waals surface area contributed by atoms with Crippen molar-refractivity contribution in [2.75, 3.05) is 14.2 Å². The standard InChI is InChI=1S/C23H30Cl2O2P2/c1-14-10-18(11-15(2)22(14)26-5)28(20-8-7-9-21(20)29(24)25)19-12-16(3)23(27-6)17(4)13-19/h10-13,20-21H,7-9H2,1-6H3. The second kappa shape index (κ2) is 9.74. The van der Waals surface area contributed by atoms with Crippen LogP contribution in [0.5, 0.6) is 11.5 Å². The molecule has 1 aliphatic rings. The smallest absolute Gasteiger partial charge is 0.124 e. The second-order valence-corrected chi connectivity index (χ2v) is 14.2. The summed E-state index contributed by atoms with van der Waals surface area (Å²) in [4.78, 5) is 0. The van der Waals surface area contributed by atoms with E-state index in [1.807, 2.05) is 0 Å². The van der Waals surface area contributed by atoms with Crippen molar-refractivity contribution in [1.29, 1.82) is 0 Å². The van der Waals surface area contributed by atoms with E-state index in [1.165, 1.54) is 45.7 Å². The molecule has 1 saturated carbocycles. The maximum atomic E-state index is 6.52. The van der Waals surface area contributed by atoms with Crippen molar-refractivity contribution in [3.63, 3.8) is 0 Å². The first-order valence-corrected chi connectivity index (χ1v) is 14.6. The highest BCUT2D eigenvalue weighted by atomic mass is 35.9. The number of halogens is 2. The molecular formula is C23H30Cl2O2P2. The Balaban J connectivity index is 2.18. The lowest BCUT2D eigenvalue weighted by Crippen LogP contribution is -2.27. The summed E-state index contributed by atoms with van der Waals surface area (Å²) < 4.78 is 11.2. The minimum absolute atomic E-state index is 0.393. The van der Waals surface area contributed by atoms with Gasteiger partial charge in [-0.3, -0.25) is 0 Å². The predicted molar refractivity (Wildman–Crippen MR) is 131 cm³/mol.